The first-order valence-corrected chi connectivity index (χ1v) is 9.25. The molecule has 6 heteroatoms. The van der Waals surface area contributed by atoms with Crippen LogP contribution in [0, 0.1) is 0 Å². The van der Waals surface area contributed by atoms with Crippen LogP contribution in [-0.2, 0) is 4.79 Å². The summed E-state index contributed by atoms with van der Waals surface area (Å²) < 4.78 is 11.2. The fraction of sp³-hybridized carbons (Fsp3) is 0.200. The van der Waals surface area contributed by atoms with Crippen LogP contribution in [0.3, 0.4) is 0 Å². The van der Waals surface area contributed by atoms with Crippen molar-refractivity contribution < 1.29 is 14.3 Å². The number of ether oxygens (including phenoxy) is 2. The molecule has 26 heavy (non-hydrogen) atoms. The van der Waals surface area contributed by atoms with Gasteiger partial charge in [0.1, 0.15) is 0 Å². The Morgan fingerprint density at radius 3 is 2.50 bits per heavy atom. The molecule has 1 aliphatic heterocycles. The molecule has 134 valence electrons. The minimum absolute atomic E-state index is 0.156. The predicted molar refractivity (Wildman–Crippen MR) is 106 cm³/mol. The molecule has 0 unspecified atom stereocenters. The van der Waals surface area contributed by atoms with E-state index in [1.807, 2.05) is 68.5 Å². The second-order valence-corrected chi connectivity index (χ2v) is 6.42. The predicted octanol–water partition coefficient (Wildman–Crippen LogP) is 4.38. The number of amides is 1. The van der Waals surface area contributed by atoms with Crippen molar-refractivity contribution in [3.8, 4) is 11.5 Å². The first-order valence-electron chi connectivity index (χ1n) is 8.44. The van der Waals surface area contributed by atoms with Gasteiger partial charge in [0.25, 0.3) is 5.91 Å². The van der Waals surface area contributed by atoms with Gasteiger partial charge >= 0.3 is 0 Å². The number of hydrogen-bond acceptors (Lipinski definition) is 5. The van der Waals surface area contributed by atoms with E-state index in [9.17, 15) is 4.79 Å². The Morgan fingerprint density at radius 2 is 1.77 bits per heavy atom. The third-order valence-corrected chi connectivity index (χ3v) is 4.41. The van der Waals surface area contributed by atoms with E-state index < -0.39 is 0 Å². The molecule has 1 N–H and O–H groups in total. The molecule has 1 saturated heterocycles. The second kappa shape index (κ2) is 8.58. The summed E-state index contributed by atoms with van der Waals surface area (Å²) in [6.07, 6.45) is 1.83. The number of rotatable bonds is 6. The lowest BCUT2D eigenvalue weighted by atomic mass is 10.2. The third-order valence-electron chi connectivity index (χ3n) is 3.50. The Hall–Kier alpha value is -2.73. The summed E-state index contributed by atoms with van der Waals surface area (Å²) in [7, 11) is 0. The third kappa shape index (κ3) is 4.46. The van der Waals surface area contributed by atoms with Crippen LogP contribution in [0.5, 0.6) is 11.5 Å². The van der Waals surface area contributed by atoms with Gasteiger partial charge < -0.3 is 14.8 Å². The number of carbonyl (C=O) groups is 1. The topological polar surface area (TPSA) is 59.9 Å². The molecule has 2 aromatic rings. The Balaban J connectivity index is 1.82. The number of aliphatic imine (C=N–C) groups is 1. The molecule has 0 atom stereocenters. The first-order chi connectivity index (χ1) is 12.7. The zero-order valence-corrected chi connectivity index (χ0v) is 15.5. The van der Waals surface area contributed by atoms with Crippen molar-refractivity contribution in [2.45, 2.75) is 13.8 Å². The first kappa shape index (κ1) is 18.1. The summed E-state index contributed by atoms with van der Waals surface area (Å²) >= 11 is 1.32. The Labute approximate surface area is 157 Å². The highest BCUT2D eigenvalue weighted by atomic mass is 32.2. The molecule has 5 nitrogen and oxygen atoms in total. The zero-order chi connectivity index (χ0) is 18.4. The number of carbonyl (C=O) groups excluding carboxylic acids is 1. The average molecular weight is 368 g/mol. The number of nitrogens with zero attached hydrogens (tertiary/aromatic N) is 1. The minimum atomic E-state index is -0.156. The maximum Gasteiger partial charge on any atom is 0.264 e. The van der Waals surface area contributed by atoms with Crippen molar-refractivity contribution in [1.82, 2.24) is 5.32 Å². The molecule has 3 rings (SSSR count). The number of hydrogen-bond donors (Lipinski definition) is 1. The lowest BCUT2D eigenvalue weighted by molar-refractivity contribution is -0.115. The van der Waals surface area contributed by atoms with Gasteiger partial charge in [0.15, 0.2) is 16.7 Å². The van der Waals surface area contributed by atoms with Gasteiger partial charge in [-0.25, -0.2) is 4.99 Å². The highest BCUT2D eigenvalue weighted by Crippen LogP contribution is 2.32. The highest BCUT2D eigenvalue weighted by molar-refractivity contribution is 8.18. The molecule has 1 heterocycles. The molecule has 0 spiro atoms. The number of thioether (sulfide) groups is 1. The van der Waals surface area contributed by atoms with Gasteiger partial charge in [0, 0.05) is 0 Å². The standard InChI is InChI=1S/C20H20N2O3S/c1-3-24-16-11-10-14(12-17(16)25-4-2)13-18-19(23)22-20(26-18)21-15-8-6-5-7-9-15/h5-13H,3-4H2,1-2H3,(H,21,22,23). The van der Waals surface area contributed by atoms with E-state index >= 15 is 0 Å². The number of nitrogens with one attached hydrogen (secondary N) is 1. The monoisotopic (exact) mass is 368 g/mol. The summed E-state index contributed by atoms with van der Waals surface area (Å²) in [6.45, 7) is 4.97. The van der Waals surface area contributed by atoms with Crippen molar-refractivity contribution >= 4 is 34.6 Å². The molecule has 1 aliphatic rings. The molecule has 1 fully saturated rings. The molecule has 1 amide bonds. The molecule has 0 bridgehead atoms. The van der Waals surface area contributed by atoms with Crippen LogP contribution in [0.2, 0.25) is 0 Å². The summed E-state index contributed by atoms with van der Waals surface area (Å²) in [6, 6.07) is 15.2. The minimum Gasteiger partial charge on any atom is -0.490 e. The van der Waals surface area contributed by atoms with Gasteiger partial charge in [-0.2, -0.15) is 0 Å². The molecular weight excluding hydrogens is 348 g/mol. The second-order valence-electron chi connectivity index (χ2n) is 5.39. The quantitative estimate of drug-likeness (QED) is 0.769. The lowest BCUT2D eigenvalue weighted by Gasteiger charge is -2.11. The van der Waals surface area contributed by atoms with E-state index in [0.29, 0.717) is 34.8 Å². The van der Waals surface area contributed by atoms with E-state index in [1.54, 1.807) is 0 Å². The highest BCUT2D eigenvalue weighted by Gasteiger charge is 2.24. The Kier molecular flexibility index (Phi) is 5.96. The van der Waals surface area contributed by atoms with Gasteiger partial charge in [0.2, 0.25) is 0 Å². The molecule has 0 aliphatic carbocycles. The molecular formula is C20H20N2O3S. The number of amidine groups is 1. The lowest BCUT2D eigenvalue weighted by Crippen LogP contribution is -2.19. The molecule has 0 radical (unpaired) electrons. The van der Waals surface area contributed by atoms with E-state index in [-0.39, 0.29) is 5.91 Å². The van der Waals surface area contributed by atoms with Crippen LogP contribution >= 0.6 is 11.8 Å². The van der Waals surface area contributed by atoms with Crippen molar-refractivity contribution in [3.63, 3.8) is 0 Å². The van der Waals surface area contributed by atoms with Crippen molar-refractivity contribution in [1.29, 1.82) is 0 Å². The van der Waals surface area contributed by atoms with E-state index in [1.165, 1.54) is 11.8 Å². The van der Waals surface area contributed by atoms with E-state index in [0.717, 1.165) is 11.3 Å². The van der Waals surface area contributed by atoms with Crippen molar-refractivity contribution in [2.75, 3.05) is 13.2 Å². The van der Waals surface area contributed by atoms with Gasteiger partial charge in [-0.15, -0.1) is 0 Å². The summed E-state index contributed by atoms with van der Waals surface area (Å²) in [4.78, 5) is 17.3. The van der Waals surface area contributed by atoms with Gasteiger partial charge in [-0.3, -0.25) is 4.79 Å². The summed E-state index contributed by atoms with van der Waals surface area (Å²) in [5.41, 5.74) is 1.67. The molecule has 0 saturated carbocycles. The average Bonchev–Trinajstić information content (AvgIpc) is 2.97. The zero-order valence-electron chi connectivity index (χ0n) is 14.7. The van der Waals surface area contributed by atoms with Crippen LogP contribution in [0.4, 0.5) is 5.69 Å². The van der Waals surface area contributed by atoms with Crippen LogP contribution in [0.15, 0.2) is 58.4 Å². The van der Waals surface area contributed by atoms with E-state index in [4.69, 9.17) is 9.47 Å². The summed E-state index contributed by atoms with van der Waals surface area (Å²) in [5.74, 6) is 1.22. The number of benzene rings is 2. The summed E-state index contributed by atoms with van der Waals surface area (Å²) in [5, 5.41) is 3.37. The fourth-order valence-electron chi connectivity index (χ4n) is 2.41. The Morgan fingerprint density at radius 1 is 1.04 bits per heavy atom. The fourth-order valence-corrected chi connectivity index (χ4v) is 3.25. The van der Waals surface area contributed by atoms with Crippen LogP contribution in [0.1, 0.15) is 19.4 Å². The van der Waals surface area contributed by atoms with Gasteiger partial charge in [-0.1, -0.05) is 24.3 Å². The van der Waals surface area contributed by atoms with Crippen LogP contribution < -0.4 is 14.8 Å². The Bertz CT molecular complexity index is 847. The maximum atomic E-state index is 12.2. The van der Waals surface area contributed by atoms with Crippen LogP contribution in [-0.4, -0.2) is 24.3 Å². The van der Waals surface area contributed by atoms with Gasteiger partial charge in [0.05, 0.1) is 23.8 Å². The molecule has 2 aromatic carbocycles. The van der Waals surface area contributed by atoms with E-state index in [2.05, 4.69) is 10.3 Å². The van der Waals surface area contributed by atoms with Crippen LogP contribution in [0.25, 0.3) is 6.08 Å². The largest absolute Gasteiger partial charge is 0.490 e. The molecule has 0 aromatic heterocycles. The smallest absolute Gasteiger partial charge is 0.264 e. The number of para-hydroxylation sites is 1. The normalized spacial score (nSPS) is 16.8. The SMILES string of the molecule is CCOc1ccc(C=C2SC(=Nc3ccccc3)NC2=O)cc1OCC. The maximum absolute atomic E-state index is 12.2. The van der Waals surface area contributed by atoms with Gasteiger partial charge in [-0.05, 0) is 61.5 Å². The van der Waals surface area contributed by atoms with Crippen molar-refractivity contribution in [2.24, 2.45) is 4.99 Å². The van der Waals surface area contributed by atoms with Crippen molar-refractivity contribution in [3.05, 3.63) is 59.0 Å².